The van der Waals surface area contributed by atoms with Crippen molar-refractivity contribution in [1.29, 1.82) is 0 Å². The van der Waals surface area contributed by atoms with Crippen molar-refractivity contribution in [3.63, 3.8) is 0 Å². The second-order valence-electron chi connectivity index (χ2n) is 7.27. The van der Waals surface area contributed by atoms with Gasteiger partial charge in [0.05, 0.1) is 17.7 Å². The number of rotatable bonds is 4. The van der Waals surface area contributed by atoms with E-state index in [2.05, 4.69) is 0 Å². The summed E-state index contributed by atoms with van der Waals surface area (Å²) in [7, 11) is 1.50. The predicted octanol–water partition coefficient (Wildman–Crippen LogP) is 5.65. The van der Waals surface area contributed by atoms with Crippen molar-refractivity contribution < 1.29 is 19.4 Å². The molecular formula is C24H20ClNO4S. The molecule has 1 saturated heterocycles. The van der Waals surface area contributed by atoms with Gasteiger partial charge in [0.15, 0.2) is 0 Å². The van der Waals surface area contributed by atoms with Crippen molar-refractivity contribution in [2.75, 3.05) is 12.0 Å². The van der Waals surface area contributed by atoms with Crippen LogP contribution in [-0.2, 0) is 9.59 Å². The van der Waals surface area contributed by atoms with E-state index in [0.717, 1.165) is 16.0 Å². The monoisotopic (exact) mass is 453 g/mol. The van der Waals surface area contributed by atoms with Crippen molar-refractivity contribution in [2.24, 2.45) is 0 Å². The van der Waals surface area contributed by atoms with Crippen molar-refractivity contribution >= 4 is 46.1 Å². The summed E-state index contributed by atoms with van der Waals surface area (Å²) in [4.78, 5) is 28.7. The summed E-state index contributed by atoms with van der Waals surface area (Å²) in [5.74, 6) is -1.29. The highest BCUT2D eigenvalue weighted by atomic mass is 35.5. The van der Waals surface area contributed by atoms with Crippen LogP contribution >= 0.6 is 22.9 Å². The summed E-state index contributed by atoms with van der Waals surface area (Å²) in [5.41, 5.74) is 2.65. The maximum absolute atomic E-state index is 13.2. The lowest BCUT2D eigenvalue weighted by atomic mass is 9.98. The van der Waals surface area contributed by atoms with E-state index in [9.17, 15) is 14.7 Å². The molecule has 1 aliphatic rings. The molecule has 0 spiro atoms. The summed E-state index contributed by atoms with van der Waals surface area (Å²) in [6, 6.07) is 13.3. The molecule has 7 heteroatoms. The standard InChI is InChI=1S/C24H20ClNO4S/c1-13-6-4-5-7-18(13)26-20(23-14(2)10-11-31-23)19(22(28)24(26)29)21(27)16-12-15(30-3)8-9-17(16)25/h4-12,20,27H,1-3H3/b21-19+. The van der Waals surface area contributed by atoms with Gasteiger partial charge >= 0.3 is 0 Å². The zero-order valence-corrected chi connectivity index (χ0v) is 18.8. The lowest BCUT2D eigenvalue weighted by Gasteiger charge is -2.26. The van der Waals surface area contributed by atoms with Crippen LogP contribution in [-0.4, -0.2) is 23.9 Å². The largest absolute Gasteiger partial charge is 0.507 e. The summed E-state index contributed by atoms with van der Waals surface area (Å²) in [6.45, 7) is 3.80. The van der Waals surface area contributed by atoms with Crippen LogP contribution in [0, 0.1) is 13.8 Å². The van der Waals surface area contributed by atoms with Gasteiger partial charge in [-0.1, -0.05) is 29.8 Å². The summed E-state index contributed by atoms with van der Waals surface area (Å²) in [6.07, 6.45) is 0. The number of benzene rings is 2. The number of ketones is 1. The highest BCUT2D eigenvalue weighted by molar-refractivity contribution is 7.10. The molecule has 1 unspecified atom stereocenters. The number of anilines is 1. The molecule has 0 aliphatic carbocycles. The van der Waals surface area contributed by atoms with Gasteiger partial charge in [-0.25, -0.2) is 0 Å². The number of carbonyl (C=O) groups is 2. The molecule has 1 N–H and O–H groups in total. The number of nitrogens with zero attached hydrogens (tertiary/aromatic N) is 1. The lowest BCUT2D eigenvalue weighted by molar-refractivity contribution is -0.132. The van der Waals surface area contributed by atoms with E-state index in [-0.39, 0.29) is 21.9 Å². The smallest absolute Gasteiger partial charge is 0.300 e. The van der Waals surface area contributed by atoms with Crippen LogP contribution in [0.1, 0.15) is 27.6 Å². The molecule has 5 nitrogen and oxygen atoms in total. The molecule has 31 heavy (non-hydrogen) atoms. The second-order valence-corrected chi connectivity index (χ2v) is 8.62. The Balaban J connectivity index is 2.00. The Morgan fingerprint density at radius 2 is 1.84 bits per heavy atom. The average molecular weight is 454 g/mol. The van der Waals surface area contributed by atoms with E-state index in [0.29, 0.717) is 11.4 Å². The Bertz CT molecular complexity index is 1230. The first kappa shape index (κ1) is 21.2. The van der Waals surface area contributed by atoms with E-state index in [4.69, 9.17) is 16.3 Å². The van der Waals surface area contributed by atoms with Crippen molar-refractivity contribution in [1.82, 2.24) is 0 Å². The zero-order chi connectivity index (χ0) is 22.3. The number of hydrogen-bond donors (Lipinski definition) is 1. The molecule has 1 atom stereocenters. The third-order valence-electron chi connectivity index (χ3n) is 5.40. The van der Waals surface area contributed by atoms with E-state index in [1.165, 1.54) is 23.3 Å². The molecule has 1 aliphatic heterocycles. The maximum atomic E-state index is 13.2. The number of Topliss-reactive ketones (excluding diaryl/α,β-unsaturated/α-hetero) is 1. The van der Waals surface area contributed by atoms with Gasteiger partial charge in [0.25, 0.3) is 11.7 Å². The number of aliphatic hydroxyl groups excluding tert-OH is 1. The number of aliphatic hydroxyl groups is 1. The van der Waals surface area contributed by atoms with Crippen LogP contribution in [0.3, 0.4) is 0 Å². The van der Waals surface area contributed by atoms with Gasteiger partial charge in [-0.05, 0) is 60.7 Å². The molecule has 1 aromatic heterocycles. The SMILES string of the molecule is COc1ccc(Cl)c(/C(O)=C2\C(=O)C(=O)N(c3ccccc3C)C2c2sccc2C)c1. The van der Waals surface area contributed by atoms with Crippen LogP contribution in [0.25, 0.3) is 5.76 Å². The molecule has 3 aromatic rings. The molecule has 4 rings (SSSR count). The molecular weight excluding hydrogens is 434 g/mol. The minimum absolute atomic E-state index is 0.00829. The number of hydrogen-bond acceptors (Lipinski definition) is 5. The fourth-order valence-corrected chi connectivity index (χ4v) is 5.02. The Labute approximate surface area is 189 Å². The van der Waals surface area contributed by atoms with Gasteiger partial charge in [0.2, 0.25) is 0 Å². The number of halogens is 1. The van der Waals surface area contributed by atoms with Gasteiger partial charge in [-0.3, -0.25) is 14.5 Å². The topological polar surface area (TPSA) is 66.8 Å². The first-order chi connectivity index (χ1) is 14.8. The number of para-hydroxylation sites is 1. The van der Waals surface area contributed by atoms with E-state index in [1.807, 2.05) is 43.5 Å². The molecule has 0 radical (unpaired) electrons. The second kappa shape index (κ2) is 8.21. The fraction of sp³-hybridized carbons (Fsp3) is 0.167. The number of thiophene rings is 1. The van der Waals surface area contributed by atoms with Gasteiger partial charge < -0.3 is 9.84 Å². The van der Waals surface area contributed by atoms with E-state index < -0.39 is 17.7 Å². The predicted molar refractivity (Wildman–Crippen MR) is 123 cm³/mol. The fourth-order valence-electron chi connectivity index (χ4n) is 3.79. The zero-order valence-electron chi connectivity index (χ0n) is 17.2. The summed E-state index contributed by atoms with van der Waals surface area (Å²) in [5, 5.41) is 13.4. The van der Waals surface area contributed by atoms with Gasteiger partial charge in [-0.2, -0.15) is 0 Å². The molecule has 1 fully saturated rings. The Kier molecular flexibility index (Phi) is 5.60. The van der Waals surface area contributed by atoms with Gasteiger partial charge in [0.1, 0.15) is 17.6 Å². The van der Waals surface area contributed by atoms with Gasteiger partial charge in [0, 0.05) is 16.1 Å². The Morgan fingerprint density at radius 3 is 2.48 bits per heavy atom. The van der Waals surface area contributed by atoms with Crippen molar-refractivity contribution in [2.45, 2.75) is 19.9 Å². The van der Waals surface area contributed by atoms with Crippen LogP contribution < -0.4 is 9.64 Å². The van der Waals surface area contributed by atoms with Crippen LogP contribution in [0.4, 0.5) is 5.69 Å². The molecule has 0 bridgehead atoms. The minimum atomic E-state index is -0.761. The maximum Gasteiger partial charge on any atom is 0.300 e. The summed E-state index contributed by atoms with van der Waals surface area (Å²) < 4.78 is 5.24. The highest BCUT2D eigenvalue weighted by Gasteiger charge is 2.48. The number of ether oxygens (including phenoxy) is 1. The average Bonchev–Trinajstić information content (AvgIpc) is 3.29. The summed E-state index contributed by atoms with van der Waals surface area (Å²) >= 11 is 7.77. The molecule has 1 amide bonds. The molecule has 158 valence electrons. The van der Waals surface area contributed by atoms with Crippen molar-refractivity contribution in [3.8, 4) is 5.75 Å². The Morgan fingerprint density at radius 1 is 1.10 bits per heavy atom. The number of carbonyl (C=O) groups excluding carboxylic acids is 2. The normalized spacial score (nSPS) is 17.9. The first-order valence-corrected chi connectivity index (χ1v) is 10.9. The first-order valence-electron chi connectivity index (χ1n) is 9.59. The van der Waals surface area contributed by atoms with Gasteiger partial charge in [-0.15, -0.1) is 11.3 Å². The van der Waals surface area contributed by atoms with Crippen LogP contribution in [0.2, 0.25) is 5.02 Å². The molecule has 2 heterocycles. The third-order valence-corrected chi connectivity index (χ3v) is 6.80. The molecule has 2 aromatic carbocycles. The van der Waals surface area contributed by atoms with Crippen LogP contribution in [0.15, 0.2) is 59.5 Å². The molecule has 0 saturated carbocycles. The quantitative estimate of drug-likeness (QED) is 0.315. The van der Waals surface area contributed by atoms with Crippen molar-refractivity contribution in [3.05, 3.63) is 86.1 Å². The number of aryl methyl sites for hydroxylation is 2. The van der Waals surface area contributed by atoms with E-state index in [1.54, 1.807) is 24.3 Å². The van der Waals surface area contributed by atoms with E-state index >= 15 is 0 Å². The highest BCUT2D eigenvalue weighted by Crippen LogP contribution is 2.46. The van der Waals surface area contributed by atoms with Crippen LogP contribution in [0.5, 0.6) is 5.75 Å². The Hall–Kier alpha value is -3.09. The lowest BCUT2D eigenvalue weighted by Crippen LogP contribution is -2.30. The number of methoxy groups -OCH3 is 1. The number of amides is 1. The minimum Gasteiger partial charge on any atom is -0.507 e. The third kappa shape index (κ3) is 3.52.